The summed E-state index contributed by atoms with van der Waals surface area (Å²) in [5, 5.41) is 12.7. The normalized spacial score (nSPS) is 11.0. The molecule has 2 aromatic carbocycles. The summed E-state index contributed by atoms with van der Waals surface area (Å²) < 4.78 is 5.74. The summed E-state index contributed by atoms with van der Waals surface area (Å²) in [4.78, 5) is 12.3. The van der Waals surface area contributed by atoms with E-state index in [4.69, 9.17) is 39.5 Å². The first-order chi connectivity index (χ1) is 11.9. The predicted octanol–water partition coefficient (Wildman–Crippen LogP) is 5.96. The minimum Gasteiger partial charge on any atom is -0.494 e. The Kier molecular flexibility index (Phi) is 6.74. The van der Waals surface area contributed by atoms with Crippen molar-refractivity contribution in [2.24, 2.45) is 0 Å². The van der Waals surface area contributed by atoms with Gasteiger partial charge in [-0.3, -0.25) is 4.79 Å². The minimum absolute atomic E-state index is 0.121. The molecule has 0 heterocycles. The molecule has 1 amide bonds. The molecule has 0 aromatic heterocycles. The van der Waals surface area contributed by atoms with Crippen LogP contribution in [-0.4, -0.2) is 13.0 Å². The second-order valence-electron chi connectivity index (χ2n) is 4.74. The van der Waals surface area contributed by atoms with Crippen molar-refractivity contribution in [3.05, 3.63) is 61.0 Å². The number of nitrogens with one attached hydrogen (secondary N) is 1. The molecule has 0 aliphatic rings. The molecule has 0 radical (unpaired) electrons. The smallest absolute Gasteiger partial charge is 0.266 e. The Morgan fingerprint density at radius 3 is 2.60 bits per heavy atom. The molecule has 1 N–H and O–H groups in total. The number of rotatable bonds is 4. The van der Waals surface area contributed by atoms with Crippen molar-refractivity contribution in [3.63, 3.8) is 0 Å². The lowest BCUT2D eigenvalue weighted by Gasteiger charge is -2.09. The van der Waals surface area contributed by atoms with Gasteiger partial charge < -0.3 is 10.1 Å². The van der Waals surface area contributed by atoms with Gasteiger partial charge in [0.25, 0.3) is 5.91 Å². The first-order valence-electron chi connectivity index (χ1n) is 6.77. The number of carbonyl (C=O) groups is 1. The van der Waals surface area contributed by atoms with Crippen LogP contribution in [0.25, 0.3) is 6.08 Å². The largest absolute Gasteiger partial charge is 0.494 e. The molecule has 0 aliphatic heterocycles. The van der Waals surface area contributed by atoms with E-state index in [1.54, 1.807) is 30.3 Å². The molecule has 0 fully saturated rings. The second kappa shape index (κ2) is 8.59. The molecular formula is C17H10BrCl3N2O2. The summed E-state index contributed by atoms with van der Waals surface area (Å²) in [6.07, 6.45) is 1.41. The van der Waals surface area contributed by atoms with Crippen LogP contribution in [0.5, 0.6) is 5.75 Å². The summed E-state index contributed by atoms with van der Waals surface area (Å²) in [5.41, 5.74) is 0.750. The van der Waals surface area contributed by atoms with Gasteiger partial charge >= 0.3 is 0 Å². The topological polar surface area (TPSA) is 62.1 Å². The number of anilines is 1. The third kappa shape index (κ3) is 4.68. The highest BCUT2D eigenvalue weighted by Gasteiger charge is 2.14. The van der Waals surface area contributed by atoms with Gasteiger partial charge in [0.2, 0.25) is 0 Å². The summed E-state index contributed by atoms with van der Waals surface area (Å²) >= 11 is 21.4. The van der Waals surface area contributed by atoms with Crippen LogP contribution >= 0.6 is 50.7 Å². The highest BCUT2D eigenvalue weighted by Crippen LogP contribution is 2.35. The van der Waals surface area contributed by atoms with Gasteiger partial charge in [-0.15, -0.1) is 0 Å². The van der Waals surface area contributed by atoms with Crippen molar-refractivity contribution in [1.82, 2.24) is 0 Å². The molecule has 0 bridgehead atoms. The van der Waals surface area contributed by atoms with E-state index in [0.717, 1.165) is 0 Å². The van der Waals surface area contributed by atoms with Crippen molar-refractivity contribution in [1.29, 1.82) is 5.26 Å². The van der Waals surface area contributed by atoms with Crippen LogP contribution in [0.2, 0.25) is 15.1 Å². The van der Waals surface area contributed by atoms with Crippen molar-refractivity contribution in [2.45, 2.75) is 0 Å². The van der Waals surface area contributed by atoms with Gasteiger partial charge in [0.1, 0.15) is 11.6 Å². The number of amides is 1. The van der Waals surface area contributed by atoms with Crippen LogP contribution < -0.4 is 10.1 Å². The quantitative estimate of drug-likeness (QED) is 0.452. The monoisotopic (exact) mass is 458 g/mol. The third-order valence-electron chi connectivity index (χ3n) is 3.10. The predicted molar refractivity (Wildman–Crippen MR) is 104 cm³/mol. The SMILES string of the molecule is COc1c(Cl)cc(/C=C(/C#N)C(=O)Nc2cccc(Cl)c2Cl)cc1Br. The van der Waals surface area contributed by atoms with E-state index in [9.17, 15) is 10.1 Å². The molecule has 8 heteroatoms. The number of ether oxygens (including phenoxy) is 1. The maximum absolute atomic E-state index is 12.3. The molecule has 0 atom stereocenters. The Labute approximate surface area is 168 Å². The number of halogens is 4. The van der Waals surface area contributed by atoms with E-state index in [1.807, 2.05) is 6.07 Å². The number of methoxy groups -OCH3 is 1. The van der Waals surface area contributed by atoms with Gasteiger partial charge in [-0.05, 0) is 51.8 Å². The van der Waals surface area contributed by atoms with Gasteiger partial charge in [0, 0.05) is 0 Å². The van der Waals surface area contributed by atoms with Gasteiger partial charge in [-0.25, -0.2) is 0 Å². The number of nitriles is 1. The lowest BCUT2D eigenvalue weighted by Crippen LogP contribution is -2.13. The Balaban J connectivity index is 2.33. The van der Waals surface area contributed by atoms with Crippen LogP contribution in [-0.2, 0) is 4.79 Å². The van der Waals surface area contributed by atoms with Gasteiger partial charge in [-0.1, -0.05) is 40.9 Å². The van der Waals surface area contributed by atoms with E-state index in [-0.39, 0.29) is 10.6 Å². The molecule has 0 saturated heterocycles. The molecule has 2 rings (SSSR count). The zero-order chi connectivity index (χ0) is 18.6. The lowest BCUT2D eigenvalue weighted by molar-refractivity contribution is -0.112. The van der Waals surface area contributed by atoms with E-state index < -0.39 is 5.91 Å². The fraction of sp³-hybridized carbons (Fsp3) is 0.0588. The van der Waals surface area contributed by atoms with Crippen molar-refractivity contribution < 1.29 is 9.53 Å². The molecule has 0 saturated carbocycles. The molecule has 0 unspecified atom stereocenters. The van der Waals surface area contributed by atoms with E-state index in [0.29, 0.717) is 31.5 Å². The highest BCUT2D eigenvalue weighted by atomic mass is 79.9. The fourth-order valence-electron chi connectivity index (χ4n) is 1.96. The van der Waals surface area contributed by atoms with Crippen molar-refractivity contribution in [3.8, 4) is 11.8 Å². The van der Waals surface area contributed by atoms with Crippen LogP contribution in [0.15, 0.2) is 40.4 Å². The Hall–Kier alpha value is -1.71. The van der Waals surface area contributed by atoms with Crippen LogP contribution in [0, 0.1) is 11.3 Å². The molecule has 4 nitrogen and oxygen atoms in total. The third-order valence-corrected chi connectivity index (χ3v) is 4.79. The molecule has 0 spiro atoms. The Morgan fingerprint density at radius 2 is 2.00 bits per heavy atom. The van der Waals surface area contributed by atoms with Gasteiger partial charge in [0.15, 0.2) is 5.75 Å². The highest BCUT2D eigenvalue weighted by molar-refractivity contribution is 9.10. The number of benzene rings is 2. The zero-order valence-corrected chi connectivity index (χ0v) is 16.6. The number of hydrogen-bond acceptors (Lipinski definition) is 3. The summed E-state index contributed by atoms with van der Waals surface area (Å²) in [6, 6.07) is 9.94. The standard InChI is InChI=1S/C17H10BrCl3N2O2/c1-25-16-11(18)6-9(7-13(16)20)5-10(8-22)17(24)23-14-4-2-3-12(19)15(14)21/h2-7H,1H3,(H,23,24)/b10-5-. The van der Waals surface area contributed by atoms with Gasteiger partial charge in [0.05, 0.1) is 32.3 Å². The fourth-order valence-corrected chi connectivity index (χ4v) is 3.37. The zero-order valence-electron chi connectivity index (χ0n) is 12.7. The van der Waals surface area contributed by atoms with Crippen LogP contribution in [0.4, 0.5) is 5.69 Å². The number of hydrogen-bond donors (Lipinski definition) is 1. The lowest BCUT2D eigenvalue weighted by atomic mass is 10.1. The van der Waals surface area contributed by atoms with Crippen LogP contribution in [0.1, 0.15) is 5.56 Å². The molecule has 25 heavy (non-hydrogen) atoms. The van der Waals surface area contributed by atoms with Gasteiger partial charge in [-0.2, -0.15) is 5.26 Å². The van der Waals surface area contributed by atoms with Crippen molar-refractivity contribution in [2.75, 3.05) is 12.4 Å². The number of nitrogens with zero attached hydrogens (tertiary/aromatic N) is 1. The summed E-state index contributed by atoms with van der Waals surface area (Å²) in [6.45, 7) is 0. The number of carbonyl (C=O) groups excluding carboxylic acids is 1. The maximum atomic E-state index is 12.3. The van der Waals surface area contributed by atoms with E-state index in [2.05, 4.69) is 21.2 Å². The molecular weight excluding hydrogens is 450 g/mol. The Bertz CT molecular complexity index is 884. The van der Waals surface area contributed by atoms with Crippen molar-refractivity contribution >= 4 is 68.4 Å². The first kappa shape index (κ1) is 19.6. The average Bonchev–Trinajstić information content (AvgIpc) is 2.56. The average molecular weight is 461 g/mol. The van der Waals surface area contributed by atoms with Crippen LogP contribution in [0.3, 0.4) is 0 Å². The first-order valence-corrected chi connectivity index (χ1v) is 8.70. The summed E-state index contributed by atoms with van der Waals surface area (Å²) in [7, 11) is 1.49. The minimum atomic E-state index is -0.616. The van der Waals surface area contributed by atoms with E-state index in [1.165, 1.54) is 13.2 Å². The van der Waals surface area contributed by atoms with E-state index >= 15 is 0 Å². The Morgan fingerprint density at radius 1 is 1.28 bits per heavy atom. The molecule has 2 aromatic rings. The molecule has 128 valence electrons. The molecule has 0 aliphatic carbocycles. The maximum Gasteiger partial charge on any atom is 0.266 e. The second-order valence-corrected chi connectivity index (χ2v) is 6.79. The summed E-state index contributed by atoms with van der Waals surface area (Å²) in [5.74, 6) is -0.151.